The van der Waals surface area contributed by atoms with Gasteiger partial charge in [-0.25, -0.2) is 4.39 Å². The van der Waals surface area contributed by atoms with Crippen molar-refractivity contribution in [2.45, 2.75) is 32.2 Å². The van der Waals surface area contributed by atoms with E-state index < -0.39 is 0 Å². The minimum atomic E-state index is -0.249. The topological polar surface area (TPSA) is 29.5 Å². The van der Waals surface area contributed by atoms with E-state index in [-0.39, 0.29) is 17.8 Å². The molecule has 0 radical (unpaired) electrons. The van der Waals surface area contributed by atoms with Gasteiger partial charge in [-0.2, -0.15) is 0 Å². The van der Waals surface area contributed by atoms with Crippen molar-refractivity contribution in [3.8, 4) is 5.75 Å². The highest BCUT2D eigenvalue weighted by Gasteiger charge is 2.28. The number of carbonyl (C=O) groups is 1. The molecular weight excluding hydrogens is 293 g/mol. The lowest BCUT2D eigenvalue weighted by atomic mass is 9.95. The lowest BCUT2D eigenvalue weighted by molar-refractivity contribution is -0.118. The molecule has 120 valence electrons. The fraction of sp³-hybridized carbons (Fsp3) is 0.316. The monoisotopic (exact) mass is 313 g/mol. The minimum absolute atomic E-state index is 0.0372. The van der Waals surface area contributed by atoms with Crippen molar-refractivity contribution in [2.24, 2.45) is 0 Å². The minimum Gasteiger partial charge on any atom is -0.497 e. The number of aryl methyl sites for hydroxylation is 1. The van der Waals surface area contributed by atoms with Crippen molar-refractivity contribution in [3.05, 3.63) is 59.4 Å². The molecule has 0 fully saturated rings. The van der Waals surface area contributed by atoms with E-state index in [4.69, 9.17) is 4.74 Å². The first-order valence-corrected chi connectivity index (χ1v) is 7.82. The quantitative estimate of drug-likeness (QED) is 0.864. The number of carbonyl (C=O) groups excluding carboxylic acids is 1. The average Bonchev–Trinajstić information content (AvgIpc) is 2.55. The molecule has 1 aliphatic heterocycles. The summed E-state index contributed by atoms with van der Waals surface area (Å²) in [6.45, 7) is 2.04. The molecule has 0 unspecified atom stereocenters. The first-order valence-electron chi connectivity index (χ1n) is 7.82. The Labute approximate surface area is 135 Å². The van der Waals surface area contributed by atoms with Gasteiger partial charge in [0.1, 0.15) is 11.6 Å². The van der Waals surface area contributed by atoms with Crippen LogP contribution in [0.1, 0.15) is 24.5 Å². The van der Waals surface area contributed by atoms with Crippen molar-refractivity contribution >= 4 is 11.6 Å². The van der Waals surface area contributed by atoms with Gasteiger partial charge in [-0.3, -0.25) is 4.79 Å². The highest BCUT2D eigenvalue weighted by atomic mass is 19.1. The highest BCUT2D eigenvalue weighted by molar-refractivity contribution is 5.96. The average molecular weight is 313 g/mol. The van der Waals surface area contributed by atoms with E-state index in [1.165, 1.54) is 12.1 Å². The second-order valence-corrected chi connectivity index (χ2v) is 5.95. The molecule has 0 aliphatic carbocycles. The number of fused-ring (bicyclic) bond motifs is 1. The molecule has 3 rings (SSSR count). The molecule has 2 aromatic carbocycles. The lowest BCUT2D eigenvalue weighted by Crippen LogP contribution is -2.43. The molecule has 23 heavy (non-hydrogen) atoms. The maximum Gasteiger partial charge on any atom is 0.231 e. The Hall–Kier alpha value is -2.36. The summed E-state index contributed by atoms with van der Waals surface area (Å²) in [6, 6.07) is 12.3. The normalized spacial score (nSPS) is 16.8. The van der Waals surface area contributed by atoms with Gasteiger partial charge in [0.25, 0.3) is 0 Å². The number of halogens is 1. The van der Waals surface area contributed by atoms with Gasteiger partial charge in [-0.1, -0.05) is 12.1 Å². The van der Waals surface area contributed by atoms with Crippen molar-refractivity contribution in [1.29, 1.82) is 0 Å². The molecule has 1 heterocycles. The van der Waals surface area contributed by atoms with E-state index in [1.807, 2.05) is 36.1 Å². The Kier molecular flexibility index (Phi) is 4.33. The standard InChI is InChI=1S/C19H20FNO2/c1-13-3-6-15-12-16(20)7-10-18(15)21(13)19(22)11-14-4-8-17(23-2)9-5-14/h4-5,7-10,12-13H,3,6,11H2,1-2H3/t13-/m1/s1. The van der Waals surface area contributed by atoms with Crippen LogP contribution in [0.2, 0.25) is 0 Å². The van der Waals surface area contributed by atoms with Crippen LogP contribution < -0.4 is 9.64 Å². The van der Waals surface area contributed by atoms with Gasteiger partial charge in [-0.15, -0.1) is 0 Å². The van der Waals surface area contributed by atoms with Crippen LogP contribution in [0.5, 0.6) is 5.75 Å². The SMILES string of the molecule is COc1ccc(CC(=O)N2c3ccc(F)cc3CC[C@H]2C)cc1. The summed E-state index contributed by atoms with van der Waals surface area (Å²) in [6.07, 6.45) is 1.98. The van der Waals surface area contributed by atoms with E-state index in [0.29, 0.717) is 6.42 Å². The number of amides is 1. The maximum absolute atomic E-state index is 13.4. The molecule has 0 spiro atoms. The molecule has 0 N–H and O–H groups in total. The van der Waals surface area contributed by atoms with Crippen LogP contribution in [-0.4, -0.2) is 19.1 Å². The van der Waals surface area contributed by atoms with Gasteiger partial charge >= 0.3 is 0 Å². The summed E-state index contributed by atoms with van der Waals surface area (Å²) in [5.74, 6) is 0.560. The number of hydrogen-bond acceptors (Lipinski definition) is 2. The van der Waals surface area contributed by atoms with Crippen LogP contribution >= 0.6 is 0 Å². The van der Waals surface area contributed by atoms with Crippen LogP contribution in [0.25, 0.3) is 0 Å². The van der Waals surface area contributed by atoms with Crippen molar-refractivity contribution in [1.82, 2.24) is 0 Å². The molecule has 0 aromatic heterocycles. The predicted octanol–water partition coefficient (Wildman–Crippen LogP) is 3.74. The Morgan fingerprint density at radius 1 is 1.26 bits per heavy atom. The van der Waals surface area contributed by atoms with Crippen LogP contribution in [-0.2, 0) is 17.6 Å². The maximum atomic E-state index is 13.4. The summed E-state index contributed by atoms with van der Waals surface area (Å²) < 4.78 is 18.6. The number of anilines is 1. The number of benzene rings is 2. The van der Waals surface area contributed by atoms with Crippen LogP contribution in [0.3, 0.4) is 0 Å². The predicted molar refractivity (Wildman–Crippen MR) is 88.4 cm³/mol. The fourth-order valence-corrected chi connectivity index (χ4v) is 3.10. The molecule has 2 aromatic rings. The fourth-order valence-electron chi connectivity index (χ4n) is 3.10. The third kappa shape index (κ3) is 3.21. The van der Waals surface area contributed by atoms with E-state index in [0.717, 1.165) is 35.4 Å². The summed E-state index contributed by atoms with van der Waals surface area (Å²) >= 11 is 0. The summed E-state index contributed by atoms with van der Waals surface area (Å²) in [4.78, 5) is 14.6. The third-order valence-electron chi connectivity index (χ3n) is 4.36. The van der Waals surface area contributed by atoms with Gasteiger partial charge in [0.05, 0.1) is 13.5 Å². The Bertz CT molecular complexity index is 712. The number of ether oxygens (including phenoxy) is 1. The number of hydrogen-bond donors (Lipinski definition) is 0. The number of rotatable bonds is 3. The molecule has 1 amide bonds. The van der Waals surface area contributed by atoms with Crippen LogP contribution in [0.4, 0.5) is 10.1 Å². The van der Waals surface area contributed by atoms with Gasteiger partial charge < -0.3 is 9.64 Å². The molecule has 0 saturated heterocycles. The molecule has 0 saturated carbocycles. The number of methoxy groups -OCH3 is 1. The number of nitrogens with zero attached hydrogens (tertiary/aromatic N) is 1. The summed E-state index contributed by atoms with van der Waals surface area (Å²) in [5.41, 5.74) is 2.69. The molecule has 1 aliphatic rings. The van der Waals surface area contributed by atoms with E-state index in [1.54, 1.807) is 13.2 Å². The zero-order valence-corrected chi connectivity index (χ0v) is 13.4. The zero-order valence-electron chi connectivity index (χ0n) is 13.4. The molecular formula is C19H20FNO2. The van der Waals surface area contributed by atoms with Crippen LogP contribution in [0.15, 0.2) is 42.5 Å². The Morgan fingerprint density at radius 2 is 2.00 bits per heavy atom. The van der Waals surface area contributed by atoms with Gasteiger partial charge in [0.15, 0.2) is 0 Å². The first kappa shape index (κ1) is 15.5. The van der Waals surface area contributed by atoms with Crippen molar-refractivity contribution in [3.63, 3.8) is 0 Å². The third-order valence-corrected chi connectivity index (χ3v) is 4.36. The van der Waals surface area contributed by atoms with E-state index in [2.05, 4.69) is 0 Å². The highest BCUT2D eigenvalue weighted by Crippen LogP contribution is 2.31. The van der Waals surface area contributed by atoms with Gasteiger partial charge in [-0.05, 0) is 61.2 Å². The van der Waals surface area contributed by atoms with Crippen molar-refractivity contribution < 1.29 is 13.9 Å². The molecule has 3 nitrogen and oxygen atoms in total. The zero-order chi connectivity index (χ0) is 16.4. The smallest absolute Gasteiger partial charge is 0.231 e. The molecule has 1 atom stereocenters. The molecule has 0 bridgehead atoms. The second kappa shape index (κ2) is 6.41. The van der Waals surface area contributed by atoms with E-state index >= 15 is 0 Å². The van der Waals surface area contributed by atoms with Gasteiger partial charge in [0.2, 0.25) is 5.91 Å². The second-order valence-electron chi connectivity index (χ2n) is 5.95. The van der Waals surface area contributed by atoms with Crippen LogP contribution in [0, 0.1) is 5.82 Å². The van der Waals surface area contributed by atoms with E-state index in [9.17, 15) is 9.18 Å². The Balaban J connectivity index is 1.83. The van der Waals surface area contributed by atoms with Crippen molar-refractivity contribution in [2.75, 3.05) is 12.0 Å². The summed E-state index contributed by atoms with van der Waals surface area (Å²) in [7, 11) is 1.62. The summed E-state index contributed by atoms with van der Waals surface area (Å²) in [5, 5.41) is 0. The molecule has 4 heteroatoms. The first-order chi connectivity index (χ1) is 11.1. The van der Waals surface area contributed by atoms with Gasteiger partial charge in [0, 0.05) is 11.7 Å². The largest absolute Gasteiger partial charge is 0.497 e. The lowest BCUT2D eigenvalue weighted by Gasteiger charge is -2.35. The Morgan fingerprint density at radius 3 is 2.70 bits per heavy atom.